The Morgan fingerprint density at radius 3 is 1.55 bits per heavy atom. The number of aliphatic carboxylic acids is 1. The highest BCUT2D eigenvalue weighted by atomic mass is 19.2. The maximum absolute atomic E-state index is 14.6. The lowest BCUT2D eigenvalue weighted by molar-refractivity contribution is -0.132. The van der Waals surface area contributed by atoms with Gasteiger partial charge >= 0.3 is 5.97 Å². The standard InChI is InChI=1S/C32H20F4N2O4/c1-41-24-12-8-22(9-13-24)38(23-10-14-25(42-2)15-11-23)21-6-3-19(4-7-21)5-16-26-28(33)30(35)27(31(36)29(26)34)17-20(18-37)32(39)40/h3-4,6-15,17H,1-2H3,(H,39,40)/b20-17+. The Balaban J connectivity index is 1.71. The second kappa shape index (κ2) is 12.6. The molecule has 1 N–H and O–H groups in total. The summed E-state index contributed by atoms with van der Waals surface area (Å²) in [5.41, 5.74) is -1.05. The van der Waals surface area contributed by atoms with Crippen LogP contribution >= 0.6 is 0 Å². The maximum atomic E-state index is 14.6. The van der Waals surface area contributed by atoms with Crippen LogP contribution in [0.4, 0.5) is 34.6 Å². The number of ether oxygens (including phenoxy) is 2. The molecule has 0 aliphatic heterocycles. The first kappa shape index (κ1) is 29.2. The van der Waals surface area contributed by atoms with Crippen LogP contribution in [0.25, 0.3) is 6.08 Å². The zero-order valence-electron chi connectivity index (χ0n) is 22.1. The molecule has 210 valence electrons. The van der Waals surface area contributed by atoms with Gasteiger partial charge in [0.2, 0.25) is 0 Å². The molecule has 0 aliphatic carbocycles. The molecule has 0 aliphatic rings. The van der Waals surface area contributed by atoms with Gasteiger partial charge in [-0.15, -0.1) is 0 Å². The number of carboxylic acid groups (broad SMARTS) is 1. The average Bonchev–Trinajstić information content (AvgIpc) is 3.01. The number of hydrogen-bond acceptors (Lipinski definition) is 5. The van der Waals surface area contributed by atoms with Crippen molar-refractivity contribution in [1.82, 2.24) is 0 Å². The van der Waals surface area contributed by atoms with Crippen LogP contribution < -0.4 is 14.4 Å². The molecule has 10 heteroatoms. The lowest BCUT2D eigenvalue weighted by atomic mass is 10.0. The molecule has 0 spiro atoms. The van der Waals surface area contributed by atoms with E-state index in [1.807, 2.05) is 29.2 Å². The summed E-state index contributed by atoms with van der Waals surface area (Å²) >= 11 is 0. The van der Waals surface area contributed by atoms with Crippen molar-refractivity contribution in [3.05, 3.63) is 118 Å². The topological polar surface area (TPSA) is 82.8 Å². The number of nitrogens with zero attached hydrogens (tertiary/aromatic N) is 2. The number of rotatable bonds is 7. The summed E-state index contributed by atoms with van der Waals surface area (Å²) < 4.78 is 68.9. The quantitative estimate of drug-likeness (QED) is 0.0835. The van der Waals surface area contributed by atoms with Crippen molar-refractivity contribution in [3.8, 4) is 29.4 Å². The van der Waals surface area contributed by atoms with Gasteiger partial charge in [0.15, 0.2) is 23.3 Å². The Hall–Kier alpha value is -5.74. The number of nitriles is 1. The molecule has 0 saturated heterocycles. The first-order valence-corrected chi connectivity index (χ1v) is 12.1. The summed E-state index contributed by atoms with van der Waals surface area (Å²) in [6.07, 6.45) is 0.215. The fourth-order valence-corrected chi connectivity index (χ4v) is 3.91. The summed E-state index contributed by atoms with van der Waals surface area (Å²) in [6, 6.07) is 22.4. The highest BCUT2D eigenvalue weighted by Crippen LogP contribution is 2.36. The molecule has 0 aromatic heterocycles. The van der Waals surface area contributed by atoms with Crippen LogP contribution in [0.2, 0.25) is 0 Å². The number of carboxylic acids is 1. The van der Waals surface area contributed by atoms with Gasteiger partial charge in [0.05, 0.1) is 19.8 Å². The van der Waals surface area contributed by atoms with Crippen molar-refractivity contribution < 1.29 is 36.9 Å². The molecule has 4 aromatic rings. The molecular weight excluding hydrogens is 552 g/mol. The molecule has 0 fully saturated rings. The van der Waals surface area contributed by atoms with Crippen molar-refractivity contribution in [3.63, 3.8) is 0 Å². The van der Waals surface area contributed by atoms with Crippen LogP contribution in [0.15, 0.2) is 78.4 Å². The van der Waals surface area contributed by atoms with E-state index in [0.29, 0.717) is 17.2 Å². The number of hydrogen-bond donors (Lipinski definition) is 1. The first-order valence-electron chi connectivity index (χ1n) is 12.1. The summed E-state index contributed by atoms with van der Waals surface area (Å²) in [7, 11) is 3.12. The minimum absolute atomic E-state index is 0.215. The SMILES string of the molecule is COc1ccc(N(c2ccc(C#Cc3c(F)c(F)c(/C=C(\C#N)C(=O)O)c(F)c3F)cc2)c2ccc(OC)cc2)cc1. The van der Waals surface area contributed by atoms with Crippen molar-refractivity contribution in [2.45, 2.75) is 0 Å². The van der Waals surface area contributed by atoms with Crippen LogP contribution in [0, 0.1) is 46.4 Å². The van der Waals surface area contributed by atoms with Gasteiger partial charge in [0, 0.05) is 22.6 Å². The van der Waals surface area contributed by atoms with Gasteiger partial charge in [0.1, 0.15) is 28.7 Å². The van der Waals surface area contributed by atoms with E-state index in [-0.39, 0.29) is 11.6 Å². The smallest absolute Gasteiger partial charge is 0.346 e. The maximum Gasteiger partial charge on any atom is 0.346 e. The Morgan fingerprint density at radius 2 is 1.17 bits per heavy atom. The van der Waals surface area contributed by atoms with Crippen LogP contribution in [0.1, 0.15) is 16.7 Å². The van der Waals surface area contributed by atoms with Gasteiger partial charge in [0.25, 0.3) is 0 Å². The van der Waals surface area contributed by atoms with E-state index in [1.54, 1.807) is 62.8 Å². The predicted octanol–water partition coefficient (Wildman–Crippen LogP) is 7.12. The molecule has 0 saturated carbocycles. The van der Waals surface area contributed by atoms with Crippen LogP contribution in [-0.2, 0) is 4.79 Å². The van der Waals surface area contributed by atoms with Gasteiger partial charge < -0.3 is 19.5 Å². The zero-order valence-corrected chi connectivity index (χ0v) is 22.1. The van der Waals surface area contributed by atoms with E-state index < -0.39 is 45.9 Å². The largest absolute Gasteiger partial charge is 0.497 e. The molecule has 0 bridgehead atoms. The number of halogens is 4. The van der Waals surface area contributed by atoms with Crippen LogP contribution in [0.3, 0.4) is 0 Å². The van der Waals surface area contributed by atoms with E-state index in [9.17, 15) is 22.4 Å². The third kappa shape index (κ3) is 6.03. The molecule has 0 heterocycles. The molecule has 42 heavy (non-hydrogen) atoms. The lowest BCUT2D eigenvalue weighted by Crippen LogP contribution is -2.09. The molecule has 4 aromatic carbocycles. The number of benzene rings is 4. The molecule has 0 amide bonds. The van der Waals surface area contributed by atoms with Crippen molar-refractivity contribution in [1.29, 1.82) is 5.26 Å². The average molecular weight is 573 g/mol. The Morgan fingerprint density at radius 1 is 0.738 bits per heavy atom. The summed E-state index contributed by atoms with van der Waals surface area (Å²) in [6.45, 7) is 0. The number of anilines is 3. The van der Waals surface area contributed by atoms with Gasteiger partial charge in [-0.3, -0.25) is 0 Å². The highest BCUT2D eigenvalue weighted by molar-refractivity contribution is 5.96. The minimum atomic E-state index is -1.88. The normalized spacial score (nSPS) is 10.7. The summed E-state index contributed by atoms with van der Waals surface area (Å²) in [4.78, 5) is 12.9. The Labute approximate surface area is 238 Å². The van der Waals surface area contributed by atoms with E-state index in [1.165, 1.54) is 6.07 Å². The monoisotopic (exact) mass is 572 g/mol. The highest BCUT2D eigenvalue weighted by Gasteiger charge is 2.24. The lowest BCUT2D eigenvalue weighted by Gasteiger charge is -2.25. The van der Waals surface area contributed by atoms with Crippen LogP contribution in [0.5, 0.6) is 11.5 Å². The summed E-state index contributed by atoms with van der Waals surface area (Å²) in [5.74, 6) is -3.28. The minimum Gasteiger partial charge on any atom is -0.497 e. The third-order valence-corrected chi connectivity index (χ3v) is 6.06. The molecule has 0 atom stereocenters. The fourth-order valence-electron chi connectivity index (χ4n) is 3.91. The van der Waals surface area contributed by atoms with Gasteiger partial charge in [-0.05, 0) is 78.9 Å². The molecule has 6 nitrogen and oxygen atoms in total. The van der Waals surface area contributed by atoms with E-state index >= 15 is 0 Å². The second-order valence-electron chi connectivity index (χ2n) is 8.55. The fraction of sp³-hybridized carbons (Fsp3) is 0.0625. The van der Waals surface area contributed by atoms with Crippen molar-refractivity contribution in [2.24, 2.45) is 0 Å². The van der Waals surface area contributed by atoms with Crippen LogP contribution in [-0.4, -0.2) is 25.3 Å². The van der Waals surface area contributed by atoms with Gasteiger partial charge in [-0.2, -0.15) is 5.26 Å². The second-order valence-corrected chi connectivity index (χ2v) is 8.55. The predicted molar refractivity (Wildman–Crippen MR) is 148 cm³/mol. The molecule has 0 radical (unpaired) electrons. The van der Waals surface area contributed by atoms with Crippen molar-refractivity contribution in [2.75, 3.05) is 19.1 Å². The molecule has 4 rings (SSSR count). The van der Waals surface area contributed by atoms with Gasteiger partial charge in [-0.1, -0.05) is 11.8 Å². The Bertz CT molecular complexity index is 1690. The zero-order chi connectivity index (χ0) is 30.4. The van der Waals surface area contributed by atoms with E-state index in [0.717, 1.165) is 11.4 Å². The van der Waals surface area contributed by atoms with Gasteiger partial charge in [-0.25, -0.2) is 22.4 Å². The molecular formula is C32H20F4N2O4. The first-order chi connectivity index (χ1) is 20.2. The number of methoxy groups -OCH3 is 2. The Kier molecular flexibility index (Phi) is 8.79. The van der Waals surface area contributed by atoms with E-state index in [2.05, 4.69) is 11.8 Å². The van der Waals surface area contributed by atoms with Crippen molar-refractivity contribution >= 4 is 29.1 Å². The summed E-state index contributed by atoms with van der Waals surface area (Å²) in [5, 5.41) is 17.7. The molecule has 0 unspecified atom stereocenters. The number of carbonyl (C=O) groups is 1. The van der Waals surface area contributed by atoms with E-state index in [4.69, 9.17) is 19.8 Å². The third-order valence-electron chi connectivity index (χ3n) is 6.06.